The van der Waals surface area contributed by atoms with Crippen molar-refractivity contribution in [3.63, 3.8) is 0 Å². The summed E-state index contributed by atoms with van der Waals surface area (Å²) in [4.78, 5) is 11.3. The fraction of sp³-hybridized carbons (Fsp3) is 0. The molecule has 0 aliphatic carbocycles. The highest BCUT2D eigenvalue weighted by molar-refractivity contribution is 5.53. The summed E-state index contributed by atoms with van der Waals surface area (Å²) in [5.74, 6) is -0.193. The normalized spacial score (nSPS) is 9.92. The van der Waals surface area contributed by atoms with Gasteiger partial charge in [-0.25, -0.2) is 15.0 Å². The van der Waals surface area contributed by atoms with Crippen LogP contribution in [0, 0.1) is 5.95 Å². The third-order valence-electron chi connectivity index (χ3n) is 1.57. The zero-order valence-electron chi connectivity index (χ0n) is 6.68. The highest BCUT2D eigenvalue weighted by atomic mass is 19.1. The van der Waals surface area contributed by atoms with E-state index in [1.54, 1.807) is 30.6 Å². The number of hydrogen-bond acceptors (Lipinski definition) is 3. The molecule has 0 amide bonds. The highest BCUT2D eigenvalue weighted by Gasteiger charge is 2.05. The molecule has 4 heteroatoms. The molecule has 0 saturated carbocycles. The van der Waals surface area contributed by atoms with Crippen molar-refractivity contribution < 1.29 is 4.39 Å². The van der Waals surface area contributed by atoms with Crippen LogP contribution < -0.4 is 0 Å². The fourth-order valence-corrected chi connectivity index (χ4v) is 0.991. The molecule has 0 unspecified atom stereocenters. The Kier molecular flexibility index (Phi) is 1.96. The molecular weight excluding hydrogens is 169 g/mol. The summed E-state index contributed by atoms with van der Waals surface area (Å²) in [5, 5.41) is 0. The summed E-state index contributed by atoms with van der Waals surface area (Å²) < 4.78 is 13.1. The second-order valence-corrected chi connectivity index (χ2v) is 2.41. The first-order valence-corrected chi connectivity index (χ1v) is 3.76. The van der Waals surface area contributed by atoms with Crippen LogP contribution in [0.2, 0.25) is 0 Å². The lowest BCUT2D eigenvalue weighted by molar-refractivity contribution is 0.586. The van der Waals surface area contributed by atoms with Crippen molar-refractivity contribution in [3.8, 4) is 11.4 Å². The van der Waals surface area contributed by atoms with Gasteiger partial charge in [-0.3, -0.25) is 0 Å². The van der Waals surface area contributed by atoms with Crippen LogP contribution in [-0.2, 0) is 0 Å². The summed E-state index contributed by atoms with van der Waals surface area (Å²) >= 11 is 0. The van der Waals surface area contributed by atoms with Crippen LogP contribution >= 0.6 is 0 Å². The molecule has 13 heavy (non-hydrogen) atoms. The molecular formula is C9H6FN3. The van der Waals surface area contributed by atoms with Crippen LogP contribution in [0.15, 0.2) is 36.8 Å². The van der Waals surface area contributed by atoms with Gasteiger partial charge in [-0.05, 0) is 18.2 Å². The number of aromatic nitrogens is 3. The topological polar surface area (TPSA) is 38.7 Å². The second kappa shape index (κ2) is 3.26. The SMILES string of the molecule is Fc1ncccc1-c1ncccn1. The average Bonchev–Trinajstić information content (AvgIpc) is 2.20. The van der Waals surface area contributed by atoms with Gasteiger partial charge in [0.2, 0.25) is 5.95 Å². The summed E-state index contributed by atoms with van der Waals surface area (Å²) in [5.41, 5.74) is 0.322. The molecule has 0 radical (unpaired) electrons. The van der Waals surface area contributed by atoms with Crippen LogP contribution in [0.1, 0.15) is 0 Å². The largest absolute Gasteiger partial charge is 0.236 e. The van der Waals surface area contributed by atoms with Crippen LogP contribution in [-0.4, -0.2) is 15.0 Å². The van der Waals surface area contributed by atoms with E-state index in [1.165, 1.54) is 6.20 Å². The van der Waals surface area contributed by atoms with Crippen LogP contribution in [0.5, 0.6) is 0 Å². The van der Waals surface area contributed by atoms with Gasteiger partial charge >= 0.3 is 0 Å². The first kappa shape index (κ1) is 7.79. The lowest BCUT2D eigenvalue weighted by Crippen LogP contribution is -1.92. The third kappa shape index (κ3) is 1.51. The minimum absolute atomic E-state index is 0.322. The molecule has 0 aliphatic heterocycles. The Morgan fingerprint density at radius 1 is 0.923 bits per heavy atom. The summed E-state index contributed by atoms with van der Waals surface area (Å²) in [6, 6.07) is 4.92. The lowest BCUT2D eigenvalue weighted by atomic mass is 10.2. The van der Waals surface area contributed by atoms with Crippen LogP contribution in [0.3, 0.4) is 0 Å². The molecule has 0 N–H and O–H groups in total. The van der Waals surface area contributed by atoms with Crippen molar-refractivity contribution in [2.45, 2.75) is 0 Å². The fourth-order valence-electron chi connectivity index (χ4n) is 0.991. The molecule has 2 aromatic heterocycles. The second-order valence-electron chi connectivity index (χ2n) is 2.41. The van der Waals surface area contributed by atoms with Crippen molar-refractivity contribution in [3.05, 3.63) is 42.7 Å². The predicted molar refractivity (Wildman–Crippen MR) is 45.2 cm³/mol. The van der Waals surface area contributed by atoms with Crippen LogP contribution in [0.4, 0.5) is 4.39 Å². The molecule has 2 rings (SSSR count). The van der Waals surface area contributed by atoms with Gasteiger partial charge in [0.1, 0.15) is 0 Å². The van der Waals surface area contributed by atoms with Gasteiger partial charge in [0.05, 0.1) is 5.56 Å². The van der Waals surface area contributed by atoms with E-state index >= 15 is 0 Å². The quantitative estimate of drug-likeness (QED) is 0.619. The molecule has 0 bridgehead atoms. The van der Waals surface area contributed by atoms with Gasteiger partial charge in [-0.2, -0.15) is 4.39 Å². The monoisotopic (exact) mass is 175 g/mol. The number of rotatable bonds is 1. The molecule has 0 saturated heterocycles. The number of nitrogens with zero attached hydrogens (tertiary/aromatic N) is 3. The third-order valence-corrected chi connectivity index (χ3v) is 1.57. The Hall–Kier alpha value is -1.84. The van der Waals surface area contributed by atoms with Gasteiger partial charge in [-0.15, -0.1) is 0 Å². The average molecular weight is 175 g/mol. The molecule has 0 fully saturated rings. The van der Waals surface area contributed by atoms with Crippen LogP contribution in [0.25, 0.3) is 11.4 Å². The van der Waals surface area contributed by atoms with E-state index in [4.69, 9.17) is 0 Å². The smallest absolute Gasteiger partial charge is 0.223 e. The maximum atomic E-state index is 13.1. The van der Waals surface area contributed by atoms with Crippen molar-refractivity contribution in [1.29, 1.82) is 0 Å². The van der Waals surface area contributed by atoms with E-state index in [1.807, 2.05) is 0 Å². The summed E-state index contributed by atoms with van der Waals surface area (Å²) in [6.45, 7) is 0. The van der Waals surface area contributed by atoms with Crippen molar-refractivity contribution in [2.75, 3.05) is 0 Å². The highest BCUT2D eigenvalue weighted by Crippen LogP contribution is 2.14. The van der Waals surface area contributed by atoms with Gasteiger partial charge in [0.15, 0.2) is 5.82 Å². The maximum Gasteiger partial charge on any atom is 0.223 e. The standard InChI is InChI=1S/C9H6FN3/c10-8-7(3-1-4-11-8)9-12-5-2-6-13-9/h1-6H. The summed E-state index contributed by atoms with van der Waals surface area (Å²) in [6.07, 6.45) is 4.52. The van der Waals surface area contributed by atoms with E-state index in [-0.39, 0.29) is 0 Å². The molecule has 2 heterocycles. The molecule has 3 nitrogen and oxygen atoms in total. The molecule has 0 spiro atoms. The van der Waals surface area contributed by atoms with E-state index < -0.39 is 5.95 Å². The number of hydrogen-bond donors (Lipinski definition) is 0. The zero-order valence-corrected chi connectivity index (χ0v) is 6.68. The van der Waals surface area contributed by atoms with E-state index in [0.29, 0.717) is 11.4 Å². The number of pyridine rings is 1. The minimum Gasteiger partial charge on any atom is -0.236 e. The molecule has 2 aromatic rings. The van der Waals surface area contributed by atoms with Crippen molar-refractivity contribution >= 4 is 0 Å². The van der Waals surface area contributed by atoms with E-state index in [2.05, 4.69) is 15.0 Å². The first-order chi connectivity index (χ1) is 6.38. The van der Waals surface area contributed by atoms with E-state index in [0.717, 1.165) is 0 Å². The van der Waals surface area contributed by atoms with Gasteiger partial charge in [0, 0.05) is 18.6 Å². The van der Waals surface area contributed by atoms with Gasteiger partial charge in [-0.1, -0.05) is 0 Å². The summed E-state index contributed by atoms with van der Waals surface area (Å²) in [7, 11) is 0. The Balaban J connectivity index is 2.54. The molecule has 0 aliphatic rings. The Morgan fingerprint density at radius 2 is 1.62 bits per heavy atom. The van der Waals surface area contributed by atoms with Gasteiger partial charge < -0.3 is 0 Å². The maximum absolute atomic E-state index is 13.1. The van der Waals surface area contributed by atoms with E-state index in [9.17, 15) is 4.39 Å². The zero-order chi connectivity index (χ0) is 9.10. The molecule has 64 valence electrons. The Bertz CT molecular complexity index is 403. The molecule has 0 atom stereocenters. The Labute approximate surface area is 74.3 Å². The lowest BCUT2D eigenvalue weighted by Gasteiger charge is -1.98. The van der Waals surface area contributed by atoms with Gasteiger partial charge in [0.25, 0.3) is 0 Å². The van der Waals surface area contributed by atoms with Crippen molar-refractivity contribution in [1.82, 2.24) is 15.0 Å². The minimum atomic E-state index is -0.547. The number of halogens is 1. The predicted octanol–water partition coefficient (Wildman–Crippen LogP) is 1.68. The Morgan fingerprint density at radius 3 is 2.31 bits per heavy atom. The first-order valence-electron chi connectivity index (χ1n) is 3.76. The molecule has 0 aromatic carbocycles. The van der Waals surface area contributed by atoms with Crippen molar-refractivity contribution in [2.24, 2.45) is 0 Å².